The maximum atomic E-state index is 12.4. The summed E-state index contributed by atoms with van der Waals surface area (Å²) in [4.78, 5) is 12.4. The summed E-state index contributed by atoms with van der Waals surface area (Å²) in [6.07, 6.45) is 5.00. The Kier molecular flexibility index (Phi) is 5.20. The van der Waals surface area contributed by atoms with Crippen LogP contribution in [0.25, 0.3) is 0 Å². The standard InChI is InChI=1S/C16H23N3O2/c17-14(19-21)16(10-4-5-11-16)15(20)18-12-6-9-13-7-2-1-3-8-13/h1-3,7-8,21H,4-6,9-12H2,(H2,17,19)(H,18,20). The molecule has 1 saturated carbocycles. The number of amidine groups is 1. The summed E-state index contributed by atoms with van der Waals surface area (Å²) >= 11 is 0. The van der Waals surface area contributed by atoms with Gasteiger partial charge in [-0.3, -0.25) is 4.79 Å². The molecule has 1 aromatic rings. The smallest absolute Gasteiger partial charge is 0.233 e. The molecule has 5 heteroatoms. The molecule has 1 aliphatic carbocycles. The maximum Gasteiger partial charge on any atom is 0.233 e. The second-order valence-corrected chi connectivity index (χ2v) is 5.62. The third-order valence-corrected chi connectivity index (χ3v) is 4.26. The first-order valence-corrected chi connectivity index (χ1v) is 7.49. The zero-order valence-corrected chi connectivity index (χ0v) is 12.2. The molecule has 5 nitrogen and oxygen atoms in total. The van der Waals surface area contributed by atoms with E-state index >= 15 is 0 Å². The fourth-order valence-electron chi connectivity index (χ4n) is 2.98. The summed E-state index contributed by atoms with van der Waals surface area (Å²) in [6, 6.07) is 10.2. The van der Waals surface area contributed by atoms with Gasteiger partial charge >= 0.3 is 0 Å². The quantitative estimate of drug-likeness (QED) is 0.246. The number of rotatable bonds is 6. The van der Waals surface area contributed by atoms with Gasteiger partial charge in [0.25, 0.3) is 0 Å². The monoisotopic (exact) mass is 289 g/mol. The summed E-state index contributed by atoms with van der Waals surface area (Å²) in [6.45, 7) is 0.605. The number of carbonyl (C=O) groups excluding carboxylic acids is 1. The average molecular weight is 289 g/mol. The van der Waals surface area contributed by atoms with Crippen LogP contribution in [-0.4, -0.2) is 23.5 Å². The van der Waals surface area contributed by atoms with Crippen molar-refractivity contribution in [3.05, 3.63) is 35.9 Å². The Morgan fingerprint density at radius 1 is 1.29 bits per heavy atom. The number of nitrogens with one attached hydrogen (secondary N) is 1. The summed E-state index contributed by atoms with van der Waals surface area (Å²) in [5.74, 6) is -0.0658. The molecular formula is C16H23N3O2. The van der Waals surface area contributed by atoms with Crippen molar-refractivity contribution in [2.45, 2.75) is 38.5 Å². The van der Waals surface area contributed by atoms with Gasteiger partial charge in [0.2, 0.25) is 5.91 Å². The number of carbonyl (C=O) groups is 1. The van der Waals surface area contributed by atoms with Crippen LogP contribution in [0.15, 0.2) is 35.5 Å². The van der Waals surface area contributed by atoms with Crippen molar-refractivity contribution in [2.75, 3.05) is 6.54 Å². The van der Waals surface area contributed by atoms with Gasteiger partial charge in [0.15, 0.2) is 5.84 Å². The van der Waals surface area contributed by atoms with Crippen molar-refractivity contribution in [3.63, 3.8) is 0 Å². The summed E-state index contributed by atoms with van der Waals surface area (Å²) in [5.41, 5.74) is 6.21. The zero-order valence-electron chi connectivity index (χ0n) is 12.2. The average Bonchev–Trinajstić information content (AvgIpc) is 3.02. The number of aryl methyl sites for hydroxylation is 1. The number of nitrogens with two attached hydrogens (primary N) is 1. The molecule has 1 aliphatic rings. The van der Waals surface area contributed by atoms with E-state index in [0.29, 0.717) is 19.4 Å². The number of hydrogen-bond acceptors (Lipinski definition) is 3. The Balaban J connectivity index is 1.83. The van der Waals surface area contributed by atoms with E-state index in [1.54, 1.807) is 0 Å². The molecule has 114 valence electrons. The first-order valence-electron chi connectivity index (χ1n) is 7.49. The Hall–Kier alpha value is -2.04. The fraction of sp³-hybridized carbons (Fsp3) is 0.500. The molecular weight excluding hydrogens is 266 g/mol. The molecule has 0 radical (unpaired) electrons. The molecule has 0 bridgehead atoms. The fourth-order valence-corrected chi connectivity index (χ4v) is 2.98. The second kappa shape index (κ2) is 7.11. The molecule has 0 aliphatic heterocycles. The third-order valence-electron chi connectivity index (χ3n) is 4.26. The van der Waals surface area contributed by atoms with Gasteiger partial charge in [-0.15, -0.1) is 0 Å². The number of benzene rings is 1. The molecule has 0 heterocycles. The van der Waals surface area contributed by atoms with E-state index in [0.717, 1.165) is 25.7 Å². The van der Waals surface area contributed by atoms with Crippen LogP contribution in [0.3, 0.4) is 0 Å². The van der Waals surface area contributed by atoms with Crippen LogP contribution in [0.1, 0.15) is 37.7 Å². The predicted molar refractivity (Wildman–Crippen MR) is 82.1 cm³/mol. The van der Waals surface area contributed by atoms with E-state index < -0.39 is 5.41 Å². The Bertz CT molecular complexity index is 494. The number of amides is 1. The Labute approximate surface area is 125 Å². The second-order valence-electron chi connectivity index (χ2n) is 5.62. The van der Waals surface area contributed by atoms with Gasteiger partial charge in [0, 0.05) is 6.54 Å². The van der Waals surface area contributed by atoms with Crippen LogP contribution < -0.4 is 11.1 Å². The highest BCUT2D eigenvalue weighted by molar-refractivity contribution is 6.07. The number of nitrogens with zero attached hydrogens (tertiary/aromatic N) is 1. The van der Waals surface area contributed by atoms with Gasteiger partial charge in [-0.2, -0.15) is 0 Å². The molecule has 0 unspecified atom stereocenters. The van der Waals surface area contributed by atoms with Gasteiger partial charge in [0.05, 0.1) is 0 Å². The minimum atomic E-state index is -0.804. The van der Waals surface area contributed by atoms with Gasteiger partial charge in [-0.05, 0) is 31.2 Å². The van der Waals surface area contributed by atoms with Gasteiger partial charge in [-0.1, -0.05) is 48.3 Å². The van der Waals surface area contributed by atoms with E-state index in [1.165, 1.54) is 5.56 Å². The van der Waals surface area contributed by atoms with Crippen LogP contribution in [-0.2, 0) is 11.2 Å². The highest BCUT2D eigenvalue weighted by Crippen LogP contribution is 2.38. The molecule has 1 fully saturated rings. The zero-order chi connectivity index (χ0) is 15.1. The Morgan fingerprint density at radius 2 is 1.95 bits per heavy atom. The highest BCUT2D eigenvalue weighted by Gasteiger charge is 2.45. The van der Waals surface area contributed by atoms with Crippen molar-refractivity contribution in [3.8, 4) is 0 Å². The molecule has 0 aromatic heterocycles. The first kappa shape index (κ1) is 15.4. The lowest BCUT2D eigenvalue weighted by Crippen LogP contribution is -2.48. The van der Waals surface area contributed by atoms with Crippen molar-refractivity contribution in [1.29, 1.82) is 0 Å². The summed E-state index contributed by atoms with van der Waals surface area (Å²) in [5, 5.41) is 14.9. The van der Waals surface area contributed by atoms with E-state index in [1.807, 2.05) is 18.2 Å². The topological polar surface area (TPSA) is 87.7 Å². The van der Waals surface area contributed by atoms with E-state index in [-0.39, 0.29) is 11.7 Å². The van der Waals surface area contributed by atoms with Crippen molar-refractivity contribution in [1.82, 2.24) is 5.32 Å². The highest BCUT2D eigenvalue weighted by atomic mass is 16.4. The van der Waals surface area contributed by atoms with E-state index in [2.05, 4.69) is 22.6 Å². The van der Waals surface area contributed by atoms with Crippen LogP contribution in [0.4, 0.5) is 0 Å². The van der Waals surface area contributed by atoms with E-state index in [9.17, 15) is 4.79 Å². The van der Waals surface area contributed by atoms with Crippen LogP contribution in [0.5, 0.6) is 0 Å². The Morgan fingerprint density at radius 3 is 2.57 bits per heavy atom. The number of oxime groups is 1. The lowest BCUT2D eigenvalue weighted by atomic mass is 9.83. The molecule has 1 aromatic carbocycles. The third kappa shape index (κ3) is 3.54. The molecule has 0 saturated heterocycles. The largest absolute Gasteiger partial charge is 0.409 e. The summed E-state index contributed by atoms with van der Waals surface area (Å²) < 4.78 is 0. The van der Waals surface area contributed by atoms with Gasteiger partial charge < -0.3 is 16.3 Å². The maximum absolute atomic E-state index is 12.4. The molecule has 0 atom stereocenters. The first-order chi connectivity index (χ1) is 10.2. The molecule has 21 heavy (non-hydrogen) atoms. The van der Waals surface area contributed by atoms with Gasteiger partial charge in [0.1, 0.15) is 5.41 Å². The van der Waals surface area contributed by atoms with Crippen LogP contribution >= 0.6 is 0 Å². The predicted octanol–water partition coefficient (Wildman–Crippen LogP) is 2.04. The normalized spacial score (nSPS) is 17.6. The lowest BCUT2D eigenvalue weighted by Gasteiger charge is -2.25. The molecule has 0 spiro atoms. The minimum absolute atomic E-state index is 0.0422. The number of hydrogen-bond donors (Lipinski definition) is 3. The SMILES string of the molecule is NC(=NO)C1(C(=O)NCCCc2ccccc2)CCCC1. The summed E-state index contributed by atoms with van der Waals surface area (Å²) in [7, 11) is 0. The molecule has 1 amide bonds. The van der Waals surface area contributed by atoms with Crippen molar-refractivity contribution in [2.24, 2.45) is 16.3 Å². The van der Waals surface area contributed by atoms with Gasteiger partial charge in [-0.25, -0.2) is 0 Å². The van der Waals surface area contributed by atoms with E-state index in [4.69, 9.17) is 10.9 Å². The molecule has 4 N–H and O–H groups in total. The van der Waals surface area contributed by atoms with Crippen LogP contribution in [0.2, 0.25) is 0 Å². The molecule has 2 rings (SSSR count). The van der Waals surface area contributed by atoms with Crippen molar-refractivity contribution < 1.29 is 10.0 Å². The minimum Gasteiger partial charge on any atom is -0.409 e. The van der Waals surface area contributed by atoms with Crippen molar-refractivity contribution >= 4 is 11.7 Å². The lowest BCUT2D eigenvalue weighted by molar-refractivity contribution is -0.127. The van der Waals surface area contributed by atoms with Crippen LogP contribution in [0, 0.1) is 5.41 Å².